The highest BCUT2D eigenvalue weighted by molar-refractivity contribution is 5.89. The molecule has 1 heterocycles. The van der Waals surface area contributed by atoms with Crippen molar-refractivity contribution in [3.63, 3.8) is 0 Å². The van der Waals surface area contributed by atoms with Gasteiger partial charge >= 0.3 is 5.97 Å². The van der Waals surface area contributed by atoms with Crippen molar-refractivity contribution in [2.75, 3.05) is 19.6 Å². The van der Waals surface area contributed by atoms with E-state index in [0.717, 1.165) is 6.54 Å². The second-order valence-electron chi connectivity index (χ2n) is 9.50. The lowest BCUT2D eigenvalue weighted by Gasteiger charge is -2.40. The molecular formula is C23H33NO2. The predicted octanol–water partition coefficient (Wildman–Crippen LogP) is 4.77. The summed E-state index contributed by atoms with van der Waals surface area (Å²) in [6.07, 6.45) is 6.47. The van der Waals surface area contributed by atoms with Crippen molar-refractivity contribution in [1.29, 1.82) is 0 Å². The summed E-state index contributed by atoms with van der Waals surface area (Å²) in [6.45, 7) is 10.7. The van der Waals surface area contributed by atoms with Crippen LogP contribution in [0.2, 0.25) is 0 Å². The topological polar surface area (TPSA) is 29.5 Å². The van der Waals surface area contributed by atoms with E-state index in [9.17, 15) is 4.79 Å². The molecule has 4 unspecified atom stereocenters. The molecule has 3 nitrogen and oxygen atoms in total. The second-order valence-corrected chi connectivity index (χ2v) is 9.50. The van der Waals surface area contributed by atoms with Crippen LogP contribution in [0, 0.1) is 22.7 Å². The third-order valence-electron chi connectivity index (χ3n) is 8.07. The number of nitrogens with zero attached hydrogens (tertiary/aromatic N) is 1. The first-order valence-corrected chi connectivity index (χ1v) is 10.4. The van der Waals surface area contributed by atoms with Crippen molar-refractivity contribution in [2.24, 2.45) is 22.7 Å². The van der Waals surface area contributed by atoms with E-state index in [1.165, 1.54) is 45.2 Å². The van der Waals surface area contributed by atoms with E-state index in [-0.39, 0.29) is 22.9 Å². The van der Waals surface area contributed by atoms with Crippen molar-refractivity contribution < 1.29 is 9.53 Å². The lowest BCUT2D eigenvalue weighted by Crippen LogP contribution is -2.45. The molecule has 4 rings (SSSR count). The van der Waals surface area contributed by atoms with Gasteiger partial charge < -0.3 is 9.64 Å². The Hall–Kier alpha value is -1.35. The van der Waals surface area contributed by atoms with Crippen LogP contribution in [0.25, 0.3) is 0 Å². The number of ether oxygens (including phenoxy) is 1. The summed E-state index contributed by atoms with van der Waals surface area (Å²) in [7, 11) is 0. The minimum atomic E-state index is -0.149. The van der Waals surface area contributed by atoms with Crippen LogP contribution >= 0.6 is 0 Å². The Morgan fingerprint density at radius 2 is 1.81 bits per heavy atom. The first kappa shape index (κ1) is 18.0. The number of carbonyl (C=O) groups is 1. The third-order valence-corrected chi connectivity index (χ3v) is 8.07. The zero-order chi connectivity index (χ0) is 18.4. The first-order chi connectivity index (χ1) is 12.4. The van der Waals surface area contributed by atoms with Gasteiger partial charge in [0.15, 0.2) is 0 Å². The van der Waals surface area contributed by atoms with Gasteiger partial charge in [-0.2, -0.15) is 0 Å². The van der Waals surface area contributed by atoms with Gasteiger partial charge in [-0.25, -0.2) is 4.79 Å². The molecule has 0 spiro atoms. The van der Waals surface area contributed by atoms with Crippen LogP contribution in [-0.4, -0.2) is 36.6 Å². The number of hydrogen-bond donors (Lipinski definition) is 0. The van der Waals surface area contributed by atoms with E-state index in [2.05, 4.69) is 25.7 Å². The van der Waals surface area contributed by atoms with Crippen LogP contribution in [0.5, 0.6) is 0 Å². The molecule has 3 aliphatic rings. The smallest absolute Gasteiger partial charge is 0.338 e. The summed E-state index contributed by atoms with van der Waals surface area (Å²) < 4.78 is 6.26. The summed E-state index contributed by atoms with van der Waals surface area (Å²) in [5.41, 5.74) is 0.992. The molecule has 4 atom stereocenters. The Morgan fingerprint density at radius 1 is 1.12 bits per heavy atom. The summed E-state index contributed by atoms with van der Waals surface area (Å²) in [4.78, 5) is 15.5. The van der Waals surface area contributed by atoms with E-state index < -0.39 is 0 Å². The number of fused-ring (bicyclic) bond motifs is 2. The van der Waals surface area contributed by atoms with Crippen LogP contribution in [0.4, 0.5) is 0 Å². The van der Waals surface area contributed by atoms with Gasteiger partial charge in [0.2, 0.25) is 0 Å². The van der Waals surface area contributed by atoms with Gasteiger partial charge in [0.05, 0.1) is 5.56 Å². The molecule has 3 heteroatoms. The van der Waals surface area contributed by atoms with Crippen LogP contribution in [0.15, 0.2) is 30.3 Å². The Bertz CT molecular complexity index is 649. The molecule has 2 aliphatic carbocycles. The normalized spacial score (nSPS) is 36.2. The molecule has 0 N–H and O–H groups in total. The number of esters is 1. The van der Waals surface area contributed by atoms with E-state index in [1.807, 2.05) is 30.3 Å². The van der Waals surface area contributed by atoms with Gasteiger partial charge in [-0.05, 0) is 62.2 Å². The quantitative estimate of drug-likeness (QED) is 0.729. The largest absolute Gasteiger partial charge is 0.458 e. The van der Waals surface area contributed by atoms with Gasteiger partial charge in [0, 0.05) is 17.9 Å². The molecule has 2 bridgehead atoms. The van der Waals surface area contributed by atoms with Crippen molar-refractivity contribution in [3.05, 3.63) is 35.9 Å². The van der Waals surface area contributed by atoms with Crippen molar-refractivity contribution in [3.8, 4) is 0 Å². The number of benzene rings is 1. The molecular weight excluding hydrogens is 322 g/mol. The number of carbonyl (C=O) groups excluding carboxylic acids is 1. The van der Waals surface area contributed by atoms with Crippen molar-refractivity contribution in [1.82, 2.24) is 4.90 Å². The molecule has 1 saturated heterocycles. The number of rotatable bonds is 4. The predicted molar refractivity (Wildman–Crippen MR) is 104 cm³/mol. The minimum absolute atomic E-state index is 0.0332. The number of hydrogen-bond acceptors (Lipinski definition) is 3. The molecule has 1 aromatic carbocycles. The average molecular weight is 356 g/mol. The van der Waals surface area contributed by atoms with Crippen molar-refractivity contribution >= 4 is 5.97 Å². The molecule has 0 radical (unpaired) electrons. The Kier molecular flexibility index (Phi) is 4.63. The standard InChI is InChI=1S/C23H33NO2/c1-22(2)19-12-13-23(22,3)20(18(19)16-24-14-8-5-9-15-24)26-21(25)17-10-6-4-7-11-17/h4,6-7,10-11,18-20H,5,8-9,12-16H2,1-3H3. The Morgan fingerprint density at radius 3 is 2.50 bits per heavy atom. The molecule has 1 aliphatic heterocycles. The number of likely N-dealkylation sites (tertiary alicyclic amines) is 1. The van der Waals surface area contributed by atoms with Crippen LogP contribution < -0.4 is 0 Å². The molecule has 0 aromatic heterocycles. The minimum Gasteiger partial charge on any atom is -0.458 e. The second kappa shape index (κ2) is 6.67. The highest BCUT2D eigenvalue weighted by atomic mass is 16.5. The Balaban J connectivity index is 1.57. The summed E-state index contributed by atoms with van der Waals surface area (Å²) in [5.74, 6) is 0.973. The maximum absolute atomic E-state index is 12.8. The first-order valence-electron chi connectivity index (χ1n) is 10.4. The SMILES string of the molecule is CC1(C)C2CCC1(C)C(OC(=O)c1ccccc1)C2CN1CCCCC1. The summed E-state index contributed by atoms with van der Waals surface area (Å²) in [5, 5.41) is 0. The fourth-order valence-electron chi connectivity index (χ4n) is 6.14. The van der Waals surface area contributed by atoms with E-state index in [1.54, 1.807) is 0 Å². The highest BCUT2D eigenvalue weighted by Crippen LogP contribution is 2.68. The number of piperidine rings is 1. The van der Waals surface area contributed by atoms with Crippen LogP contribution in [-0.2, 0) is 4.74 Å². The molecule has 2 saturated carbocycles. The average Bonchev–Trinajstić information content (AvgIpc) is 2.96. The zero-order valence-corrected chi connectivity index (χ0v) is 16.5. The monoisotopic (exact) mass is 355 g/mol. The Labute approximate surface area is 158 Å². The fourth-order valence-corrected chi connectivity index (χ4v) is 6.14. The van der Waals surface area contributed by atoms with E-state index in [0.29, 0.717) is 17.4 Å². The van der Waals surface area contributed by atoms with Gasteiger partial charge in [-0.1, -0.05) is 45.4 Å². The summed E-state index contributed by atoms with van der Waals surface area (Å²) in [6, 6.07) is 9.49. The lowest BCUT2D eigenvalue weighted by molar-refractivity contribution is -0.0467. The van der Waals surface area contributed by atoms with Gasteiger partial charge in [0.25, 0.3) is 0 Å². The molecule has 26 heavy (non-hydrogen) atoms. The molecule has 3 fully saturated rings. The maximum Gasteiger partial charge on any atom is 0.338 e. The van der Waals surface area contributed by atoms with Crippen molar-refractivity contribution in [2.45, 2.75) is 59.0 Å². The van der Waals surface area contributed by atoms with Gasteiger partial charge in [0.1, 0.15) is 6.10 Å². The van der Waals surface area contributed by atoms with E-state index in [4.69, 9.17) is 4.74 Å². The third kappa shape index (κ3) is 2.79. The lowest BCUT2D eigenvalue weighted by atomic mass is 9.70. The molecule has 1 aromatic rings. The van der Waals surface area contributed by atoms with Crippen LogP contribution in [0.1, 0.15) is 63.2 Å². The molecule has 0 amide bonds. The zero-order valence-electron chi connectivity index (χ0n) is 16.5. The van der Waals surface area contributed by atoms with Gasteiger partial charge in [-0.3, -0.25) is 0 Å². The molecule has 142 valence electrons. The highest BCUT2D eigenvalue weighted by Gasteiger charge is 2.67. The van der Waals surface area contributed by atoms with Gasteiger partial charge in [-0.15, -0.1) is 0 Å². The van der Waals surface area contributed by atoms with E-state index >= 15 is 0 Å². The van der Waals surface area contributed by atoms with Crippen LogP contribution in [0.3, 0.4) is 0 Å². The summed E-state index contributed by atoms with van der Waals surface area (Å²) >= 11 is 0. The maximum atomic E-state index is 12.8. The fraction of sp³-hybridized carbons (Fsp3) is 0.696.